The molecule has 1 heterocycles. The van der Waals surface area contributed by atoms with Crippen molar-refractivity contribution < 1.29 is 8.42 Å². The average molecular weight is 297 g/mol. The highest BCUT2D eigenvalue weighted by atomic mass is 32.2. The van der Waals surface area contributed by atoms with Crippen LogP contribution in [0.15, 0.2) is 23.1 Å². The first-order valence-electron chi connectivity index (χ1n) is 6.83. The van der Waals surface area contributed by atoms with Crippen LogP contribution in [-0.2, 0) is 10.0 Å². The van der Waals surface area contributed by atoms with Crippen molar-refractivity contribution in [1.82, 2.24) is 4.72 Å². The second-order valence-corrected chi connectivity index (χ2v) is 7.94. The molecule has 1 fully saturated rings. The van der Waals surface area contributed by atoms with E-state index in [-0.39, 0.29) is 4.90 Å². The summed E-state index contributed by atoms with van der Waals surface area (Å²) in [5, 5.41) is 0. The van der Waals surface area contributed by atoms with Gasteiger partial charge < -0.3 is 10.6 Å². The highest BCUT2D eigenvalue weighted by Gasteiger charge is 2.28. The van der Waals surface area contributed by atoms with Gasteiger partial charge >= 0.3 is 0 Å². The highest BCUT2D eigenvalue weighted by Crippen LogP contribution is 2.35. The van der Waals surface area contributed by atoms with Crippen LogP contribution in [0.1, 0.15) is 26.7 Å². The number of anilines is 2. The molecule has 5 nitrogen and oxygen atoms in total. The third-order valence-electron chi connectivity index (χ3n) is 4.00. The van der Waals surface area contributed by atoms with E-state index in [4.69, 9.17) is 5.73 Å². The van der Waals surface area contributed by atoms with Crippen molar-refractivity contribution in [2.75, 3.05) is 30.8 Å². The summed E-state index contributed by atoms with van der Waals surface area (Å²) in [5.74, 6) is 0. The maximum Gasteiger partial charge on any atom is 0.242 e. The summed E-state index contributed by atoms with van der Waals surface area (Å²) < 4.78 is 26.7. The number of nitrogen functional groups attached to an aromatic ring is 1. The van der Waals surface area contributed by atoms with E-state index in [9.17, 15) is 8.42 Å². The Labute approximate surface area is 121 Å². The molecule has 0 aromatic heterocycles. The van der Waals surface area contributed by atoms with Gasteiger partial charge in [-0.25, -0.2) is 13.1 Å². The van der Waals surface area contributed by atoms with Gasteiger partial charge in [-0.3, -0.25) is 0 Å². The number of piperidine rings is 1. The standard InChI is InChI=1S/C14H23N3O2S/c1-14(2)6-8-17(9-7-14)12-5-4-11(15)10-13(12)20(18,19)16-3/h4-5,10,16H,6-9,15H2,1-3H3. The molecule has 1 aromatic rings. The molecule has 2 rings (SSSR count). The first kappa shape index (κ1) is 15.1. The van der Waals surface area contributed by atoms with E-state index < -0.39 is 10.0 Å². The third-order valence-corrected chi connectivity index (χ3v) is 5.44. The summed E-state index contributed by atoms with van der Waals surface area (Å²) in [5.41, 5.74) is 7.26. The fraction of sp³-hybridized carbons (Fsp3) is 0.571. The van der Waals surface area contributed by atoms with Crippen molar-refractivity contribution >= 4 is 21.4 Å². The van der Waals surface area contributed by atoms with Crippen molar-refractivity contribution in [3.63, 3.8) is 0 Å². The van der Waals surface area contributed by atoms with Crippen LogP contribution in [0.2, 0.25) is 0 Å². The highest BCUT2D eigenvalue weighted by molar-refractivity contribution is 7.89. The number of hydrogen-bond donors (Lipinski definition) is 2. The van der Waals surface area contributed by atoms with E-state index in [1.807, 2.05) is 0 Å². The van der Waals surface area contributed by atoms with E-state index in [0.717, 1.165) is 31.6 Å². The van der Waals surface area contributed by atoms with Crippen molar-refractivity contribution in [3.05, 3.63) is 18.2 Å². The minimum absolute atomic E-state index is 0.264. The van der Waals surface area contributed by atoms with E-state index in [0.29, 0.717) is 11.1 Å². The molecule has 1 aromatic carbocycles. The summed E-state index contributed by atoms with van der Waals surface area (Å²) in [6, 6.07) is 5.09. The summed E-state index contributed by atoms with van der Waals surface area (Å²) in [4.78, 5) is 2.40. The van der Waals surface area contributed by atoms with Crippen LogP contribution in [0.4, 0.5) is 11.4 Å². The molecule has 112 valence electrons. The molecule has 0 radical (unpaired) electrons. The van der Waals surface area contributed by atoms with Gasteiger partial charge in [-0.15, -0.1) is 0 Å². The molecule has 6 heteroatoms. The Bertz CT molecular complexity index is 586. The zero-order chi connectivity index (χ0) is 15.0. The topological polar surface area (TPSA) is 75.4 Å². The van der Waals surface area contributed by atoms with Crippen LogP contribution >= 0.6 is 0 Å². The van der Waals surface area contributed by atoms with Crippen LogP contribution in [0.25, 0.3) is 0 Å². The normalized spacial score (nSPS) is 19.1. The van der Waals surface area contributed by atoms with Crippen molar-refractivity contribution in [1.29, 1.82) is 0 Å². The number of hydrogen-bond acceptors (Lipinski definition) is 4. The molecule has 1 aliphatic rings. The second kappa shape index (κ2) is 5.26. The van der Waals surface area contributed by atoms with E-state index in [2.05, 4.69) is 23.5 Å². The second-order valence-electron chi connectivity index (χ2n) is 6.09. The Hall–Kier alpha value is -1.27. The lowest BCUT2D eigenvalue weighted by atomic mass is 9.82. The first-order valence-corrected chi connectivity index (χ1v) is 8.31. The summed E-state index contributed by atoms with van der Waals surface area (Å²) in [6.07, 6.45) is 2.10. The Kier molecular flexibility index (Phi) is 3.97. The summed E-state index contributed by atoms with van der Waals surface area (Å²) >= 11 is 0. The van der Waals surface area contributed by atoms with Gasteiger partial charge in [-0.1, -0.05) is 13.8 Å². The molecule has 3 N–H and O–H groups in total. The van der Waals surface area contributed by atoms with E-state index in [1.54, 1.807) is 12.1 Å². The van der Waals surface area contributed by atoms with Crippen LogP contribution in [-0.4, -0.2) is 28.6 Å². The van der Waals surface area contributed by atoms with Crippen molar-refractivity contribution in [2.24, 2.45) is 5.41 Å². The molecule has 0 aliphatic carbocycles. The van der Waals surface area contributed by atoms with Gasteiger partial charge in [0, 0.05) is 18.8 Å². The average Bonchev–Trinajstić information content (AvgIpc) is 2.39. The molecular weight excluding hydrogens is 274 g/mol. The Morgan fingerprint density at radius 3 is 2.40 bits per heavy atom. The van der Waals surface area contributed by atoms with Crippen LogP contribution < -0.4 is 15.4 Å². The van der Waals surface area contributed by atoms with Gasteiger partial charge in [0.2, 0.25) is 10.0 Å². The van der Waals surface area contributed by atoms with Gasteiger partial charge in [0.15, 0.2) is 0 Å². The van der Waals surface area contributed by atoms with Crippen LogP contribution in [0.5, 0.6) is 0 Å². The smallest absolute Gasteiger partial charge is 0.242 e. The molecule has 0 amide bonds. The molecule has 1 aliphatic heterocycles. The molecule has 0 unspecified atom stereocenters. The summed E-state index contributed by atoms with van der Waals surface area (Å²) in [6.45, 7) is 6.23. The molecular formula is C14H23N3O2S. The predicted octanol–water partition coefficient (Wildman–Crippen LogP) is 1.80. The maximum atomic E-state index is 12.2. The molecule has 20 heavy (non-hydrogen) atoms. The van der Waals surface area contributed by atoms with Gasteiger partial charge in [0.05, 0.1) is 5.69 Å². The fourth-order valence-corrected chi connectivity index (χ4v) is 3.45. The first-order chi connectivity index (χ1) is 9.25. The molecule has 0 spiro atoms. The van der Waals surface area contributed by atoms with Crippen LogP contribution in [0.3, 0.4) is 0 Å². The SMILES string of the molecule is CNS(=O)(=O)c1cc(N)ccc1N1CCC(C)(C)CC1. The third kappa shape index (κ3) is 3.07. The molecule has 1 saturated heterocycles. The van der Waals surface area contributed by atoms with Gasteiger partial charge in [-0.05, 0) is 43.5 Å². The zero-order valence-electron chi connectivity index (χ0n) is 12.3. The lowest BCUT2D eigenvalue weighted by Crippen LogP contribution is -2.38. The van der Waals surface area contributed by atoms with Crippen molar-refractivity contribution in [3.8, 4) is 0 Å². The van der Waals surface area contributed by atoms with Crippen LogP contribution in [0, 0.1) is 5.41 Å². The lowest BCUT2D eigenvalue weighted by molar-refractivity contribution is 0.279. The lowest BCUT2D eigenvalue weighted by Gasteiger charge is -2.38. The zero-order valence-corrected chi connectivity index (χ0v) is 13.1. The van der Waals surface area contributed by atoms with Crippen molar-refractivity contribution in [2.45, 2.75) is 31.6 Å². The number of nitrogens with one attached hydrogen (secondary N) is 1. The Morgan fingerprint density at radius 2 is 1.85 bits per heavy atom. The largest absolute Gasteiger partial charge is 0.399 e. The van der Waals surface area contributed by atoms with E-state index >= 15 is 0 Å². The van der Waals surface area contributed by atoms with Gasteiger partial charge in [-0.2, -0.15) is 0 Å². The monoisotopic (exact) mass is 297 g/mol. The number of nitrogens with two attached hydrogens (primary N) is 1. The fourth-order valence-electron chi connectivity index (χ4n) is 2.47. The minimum atomic E-state index is -3.50. The van der Waals surface area contributed by atoms with Gasteiger partial charge in [0.25, 0.3) is 0 Å². The molecule has 0 bridgehead atoms. The predicted molar refractivity (Wildman–Crippen MR) is 82.3 cm³/mol. The van der Waals surface area contributed by atoms with E-state index in [1.165, 1.54) is 13.1 Å². The number of nitrogens with zero attached hydrogens (tertiary/aromatic N) is 1. The minimum Gasteiger partial charge on any atom is -0.399 e. The number of sulfonamides is 1. The quantitative estimate of drug-likeness (QED) is 0.834. The number of rotatable bonds is 3. The molecule has 0 atom stereocenters. The number of benzene rings is 1. The molecule has 0 saturated carbocycles. The maximum absolute atomic E-state index is 12.2. The Balaban J connectivity index is 2.38. The van der Waals surface area contributed by atoms with Gasteiger partial charge in [0.1, 0.15) is 4.90 Å². The summed E-state index contributed by atoms with van der Waals surface area (Å²) in [7, 11) is -2.08. The Morgan fingerprint density at radius 1 is 1.25 bits per heavy atom.